The second-order valence-electron chi connectivity index (χ2n) is 6.58. The first-order valence-corrected chi connectivity index (χ1v) is 9.04. The first kappa shape index (κ1) is 17.7. The van der Waals surface area contributed by atoms with Gasteiger partial charge in [0.05, 0.1) is 6.54 Å². The highest BCUT2D eigenvalue weighted by Gasteiger charge is 2.35. The molecule has 134 valence electrons. The van der Waals surface area contributed by atoms with Crippen LogP contribution in [-0.2, 0) is 19.0 Å². The lowest BCUT2D eigenvalue weighted by Gasteiger charge is -2.31. The topological polar surface area (TPSA) is 67.1 Å². The second-order valence-corrected chi connectivity index (χ2v) is 7.01. The fourth-order valence-electron chi connectivity index (χ4n) is 3.55. The SMILES string of the molecule is CN=C(NCc1ncnn1C)NCC1(c2cccc(Cl)c2)CCCC1. The maximum Gasteiger partial charge on any atom is 0.191 e. The van der Waals surface area contributed by atoms with Crippen LogP contribution < -0.4 is 10.6 Å². The van der Waals surface area contributed by atoms with Gasteiger partial charge in [0.2, 0.25) is 0 Å². The largest absolute Gasteiger partial charge is 0.356 e. The number of hydrogen-bond donors (Lipinski definition) is 2. The quantitative estimate of drug-likeness (QED) is 0.635. The molecule has 2 N–H and O–H groups in total. The smallest absolute Gasteiger partial charge is 0.191 e. The lowest BCUT2D eigenvalue weighted by molar-refractivity contribution is 0.431. The summed E-state index contributed by atoms with van der Waals surface area (Å²) in [5, 5.41) is 11.7. The number of nitrogens with zero attached hydrogens (tertiary/aromatic N) is 4. The van der Waals surface area contributed by atoms with Gasteiger partial charge in [0.15, 0.2) is 5.96 Å². The van der Waals surface area contributed by atoms with Crippen molar-refractivity contribution in [1.82, 2.24) is 25.4 Å². The number of nitrogens with one attached hydrogen (secondary N) is 2. The van der Waals surface area contributed by atoms with Gasteiger partial charge in [0.1, 0.15) is 12.2 Å². The fraction of sp³-hybridized carbons (Fsp3) is 0.500. The molecule has 0 radical (unpaired) electrons. The molecule has 6 nitrogen and oxygen atoms in total. The molecule has 1 saturated carbocycles. The molecule has 25 heavy (non-hydrogen) atoms. The van der Waals surface area contributed by atoms with E-state index in [1.807, 2.05) is 19.2 Å². The Morgan fingerprint density at radius 1 is 1.32 bits per heavy atom. The van der Waals surface area contributed by atoms with E-state index in [1.54, 1.807) is 18.1 Å². The van der Waals surface area contributed by atoms with E-state index in [1.165, 1.54) is 31.2 Å². The molecule has 0 saturated heterocycles. The third-order valence-corrected chi connectivity index (χ3v) is 5.27. The summed E-state index contributed by atoms with van der Waals surface area (Å²) in [7, 11) is 3.67. The van der Waals surface area contributed by atoms with E-state index in [-0.39, 0.29) is 5.41 Å². The summed E-state index contributed by atoms with van der Waals surface area (Å²) in [5.41, 5.74) is 1.43. The number of hydrogen-bond acceptors (Lipinski definition) is 3. The molecule has 0 amide bonds. The molecule has 1 aliphatic carbocycles. The molecule has 7 heteroatoms. The number of aryl methyl sites for hydroxylation is 1. The van der Waals surface area contributed by atoms with Crippen molar-refractivity contribution in [3.8, 4) is 0 Å². The average molecular weight is 361 g/mol. The molecule has 1 aromatic carbocycles. The Bertz CT molecular complexity index is 733. The van der Waals surface area contributed by atoms with Gasteiger partial charge in [0.25, 0.3) is 0 Å². The number of aromatic nitrogens is 3. The highest BCUT2D eigenvalue weighted by molar-refractivity contribution is 6.30. The molecule has 0 bridgehead atoms. The zero-order valence-corrected chi connectivity index (χ0v) is 15.6. The van der Waals surface area contributed by atoms with Gasteiger partial charge in [0, 0.05) is 31.1 Å². The highest BCUT2D eigenvalue weighted by Crippen LogP contribution is 2.41. The second kappa shape index (κ2) is 7.87. The first-order chi connectivity index (χ1) is 12.1. The molecule has 0 atom stereocenters. The Kier molecular flexibility index (Phi) is 5.58. The van der Waals surface area contributed by atoms with Crippen LogP contribution in [0, 0.1) is 0 Å². The lowest BCUT2D eigenvalue weighted by Crippen LogP contribution is -2.44. The first-order valence-electron chi connectivity index (χ1n) is 8.66. The number of rotatable bonds is 5. The predicted octanol–water partition coefficient (Wildman–Crippen LogP) is 2.65. The molecule has 0 unspecified atom stereocenters. The fourth-order valence-corrected chi connectivity index (χ4v) is 3.74. The van der Waals surface area contributed by atoms with Crippen LogP contribution in [0.5, 0.6) is 0 Å². The van der Waals surface area contributed by atoms with E-state index < -0.39 is 0 Å². The summed E-state index contributed by atoms with van der Waals surface area (Å²) in [4.78, 5) is 8.55. The Labute approximate surface area is 153 Å². The van der Waals surface area contributed by atoms with Crippen molar-refractivity contribution in [2.45, 2.75) is 37.6 Å². The number of benzene rings is 1. The van der Waals surface area contributed by atoms with E-state index in [0.717, 1.165) is 23.4 Å². The van der Waals surface area contributed by atoms with Crippen LogP contribution in [0.15, 0.2) is 35.6 Å². The van der Waals surface area contributed by atoms with Crippen LogP contribution >= 0.6 is 11.6 Å². The Morgan fingerprint density at radius 3 is 2.76 bits per heavy atom. The summed E-state index contributed by atoms with van der Waals surface area (Å²) >= 11 is 6.23. The van der Waals surface area contributed by atoms with Gasteiger partial charge in [-0.3, -0.25) is 9.67 Å². The number of aliphatic imine (C=N–C) groups is 1. The molecular formula is C18H25ClN6. The minimum atomic E-state index is 0.118. The Hall–Kier alpha value is -2.08. The van der Waals surface area contributed by atoms with Gasteiger partial charge < -0.3 is 10.6 Å². The zero-order chi connectivity index (χ0) is 17.7. The maximum absolute atomic E-state index is 6.23. The van der Waals surface area contributed by atoms with E-state index >= 15 is 0 Å². The van der Waals surface area contributed by atoms with Crippen molar-refractivity contribution in [3.05, 3.63) is 47.0 Å². The van der Waals surface area contributed by atoms with E-state index in [0.29, 0.717) is 6.54 Å². The molecule has 0 spiro atoms. The minimum absolute atomic E-state index is 0.118. The van der Waals surface area contributed by atoms with Crippen LogP contribution in [0.2, 0.25) is 5.02 Å². The van der Waals surface area contributed by atoms with E-state index in [9.17, 15) is 0 Å². The third kappa shape index (κ3) is 4.12. The van der Waals surface area contributed by atoms with Crippen molar-refractivity contribution < 1.29 is 0 Å². The summed E-state index contributed by atoms with van der Waals surface area (Å²) in [6.45, 7) is 1.42. The predicted molar refractivity (Wildman–Crippen MR) is 101 cm³/mol. The average Bonchev–Trinajstić information content (AvgIpc) is 3.25. The highest BCUT2D eigenvalue weighted by atomic mass is 35.5. The maximum atomic E-state index is 6.23. The molecule has 3 rings (SSSR count). The zero-order valence-electron chi connectivity index (χ0n) is 14.8. The van der Waals surface area contributed by atoms with Crippen molar-refractivity contribution in [2.24, 2.45) is 12.0 Å². The summed E-state index contributed by atoms with van der Waals surface area (Å²) in [6.07, 6.45) is 6.39. The van der Waals surface area contributed by atoms with Gasteiger partial charge in [-0.25, -0.2) is 4.98 Å². The summed E-state index contributed by atoms with van der Waals surface area (Å²) in [6, 6.07) is 8.26. The minimum Gasteiger partial charge on any atom is -0.356 e. The van der Waals surface area contributed by atoms with Crippen LogP contribution in [0.3, 0.4) is 0 Å². The third-order valence-electron chi connectivity index (χ3n) is 5.03. The standard InChI is InChI=1S/C18H25ClN6/c1-20-17(21-11-16-23-13-24-25(16)2)22-12-18(8-3-4-9-18)14-6-5-7-15(19)10-14/h5-7,10,13H,3-4,8-9,11-12H2,1-2H3,(H2,20,21,22). The van der Waals surface area contributed by atoms with Crippen LogP contribution in [0.1, 0.15) is 37.1 Å². The van der Waals surface area contributed by atoms with E-state index in [2.05, 4.69) is 37.8 Å². The number of guanidine groups is 1. The Morgan fingerprint density at radius 2 is 2.12 bits per heavy atom. The van der Waals surface area contributed by atoms with Gasteiger partial charge in [-0.15, -0.1) is 0 Å². The monoisotopic (exact) mass is 360 g/mol. The van der Waals surface area contributed by atoms with Crippen molar-refractivity contribution >= 4 is 17.6 Å². The van der Waals surface area contributed by atoms with Gasteiger partial charge >= 0.3 is 0 Å². The molecule has 0 aliphatic heterocycles. The van der Waals surface area contributed by atoms with Crippen LogP contribution in [0.25, 0.3) is 0 Å². The Balaban J connectivity index is 1.65. The molecular weight excluding hydrogens is 336 g/mol. The van der Waals surface area contributed by atoms with Crippen LogP contribution in [0.4, 0.5) is 0 Å². The van der Waals surface area contributed by atoms with Gasteiger partial charge in [-0.2, -0.15) is 5.10 Å². The molecule has 1 aliphatic rings. The van der Waals surface area contributed by atoms with Gasteiger partial charge in [-0.1, -0.05) is 36.6 Å². The van der Waals surface area contributed by atoms with Crippen molar-refractivity contribution in [2.75, 3.05) is 13.6 Å². The lowest BCUT2D eigenvalue weighted by atomic mass is 9.79. The van der Waals surface area contributed by atoms with Gasteiger partial charge in [-0.05, 0) is 30.5 Å². The molecule has 2 aromatic rings. The normalized spacial score (nSPS) is 16.8. The molecule has 1 aromatic heterocycles. The van der Waals surface area contributed by atoms with Crippen molar-refractivity contribution in [3.63, 3.8) is 0 Å². The molecule has 1 heterocycles. The summed E-state index contributed by atoms with van der Waals surface area (Å²) < 4.78 is 1.75. The van der Waals surface area contributed by atoms with Crippen molar-refractivity contribution in [1.29, 1.82) is 0 Å². The van der Waals surface area contributed by atoms with Crippen LogP contribution in [-0.4, -0.2) is 34.3 Å². The molecule has 1 fully saturated rings. The number of halogens is 1. The summed E-state index contributed by atoms with van der Waals surface area (Å²) in [5.74, 6) is 1.64. The van der Waals surface area contributed by atoms with E-state index in [4.69, 9.17) is 11.6 Å².